The van der Waals surface area contributed by atoms with Crippen molar-refractivity contribution in [2.75, 3.05) is 0 Å². The summed E-state index contributed by atoms with van der Waals surface area (Å²) in [5.41, 5.74) is 2.17. The van der Waals surface area contributed by atoms with Crippen molar-refractivity contribution >= 4 is 16.8 Å². The zero-order chi connectivity index (χ0) is 17.4. The maximum atomic E-state index is 12.7. The maximum Gasteiger partial charge on any atom is 0.256 e. The predicted octanol–water partition coefficient (Wildman–Crippen LogP) is 2.90. The SMILES string of the molecule is C[C@@H](CCc1ccco1)NC(=O)c1cn2c3c(cccc3c1=O)CC2. The average Bonchev–Trinajstić information content (AvgIpc) is 3.26. The molecule has 25 heavy (non-hydrogen) atoms. The van der Waals surface area contributed by atoms with Crippen LogP contribution < -0.4 is 10.7 Å². The number of pyridine rings is 1. The van der Waals surface area contributed by atoms with Gasteiger partial charge in [-0.15, -0.1) is 0 Å². The van der Waals surface area contributed by atoms with Gasteiger partial charge in [-0.2, -0.15) is 0 Å². The minimum atomic E-state index is -0.306. The molecular formula is C20H20N2O3. The zero-order valence-corrected chi connectivity index (χ0v) is 14.1. The van der Waals surface area contributed by atoms with Gasteiger partial charge in [-0.05, 0) is 43.5 Å². The minimum Gasteiger partial charge on any atom is -0.469 e. The molecular weight excluding hydrogens is 316 g/mol. The van der Waals surface area contributed by atoms with Crippen LogP contribution in [0.4, 0.5) is 0 Å². The summed E-state index contributed by atoms with van der Waals surface area (Å²) in [5.74, 6) is 0.590. The Morgan fingerprint density at radius 2 is 2.20 bits per heavy atom. The van der Waals surface area contributed by atoms with Gasteiger partial charge in [-0.3, -0.25) is 9.59 Å². The number of rotatable bonds is 5. The van der Waals surface area contributed by atoms with Gasteiger partial charge in [-0.25, -0.2) is 0 Å². The van der Waals surface area contributed by atoms with E-state index in [4.69, 9.17) is 4.42 Å². The van der Waals surface area contributed by atoms with Gasteiger partial charge in [0.05, 0.1) is 11.8 Å². The van der Waals surface area contributed by atoms with Crippen LogP contribution in [0.3, 0.4) is 0 Å². The molecule has 0 unspecified atom stereocenters. The van der Waals surface area contributed by atoms with Gasteiger partial charge >= 0.3 is 0 Å². The Labute approximate surface area is 145 Å². The highest BCUT2D eigenvalue weighted by atomic mass is 16.3. The first-order chi connectivity index (χ1) is 12.1. The Morgan fingerprint density at radius 1 is 1.32 bits per heavy atom. The lowest BCUT2D eigenvalue weighted by Crippen LogP contribution is -2.36. The van der Waals surface area contributed by atoms with Crippen LogP contribution in [0.15, 0.2) is 52.0 Å². The fourth-order valence-corrected chi connectivity index (χ4v) is 3.51. The number of furan rings is 1. The molecule has 5 nitrogen and oxygen atoms in total. The van der Waals surface area contributed by atoms with Crippen molar-refractivity contribution < 1.29 is 9.21 Å². The van der Waals surface area contributed by atoms with Crippen LogP contribution in [-0.4, -0.2) is 16.5 Å². The first-order valence-electron chi connectivity index (χ1n) is 8.62. The smallest absolute Gasteiger partial charge is 0.256 e. The summed E-state index contributed by atoms with van der Waals surface area (Å²) in [6.45, 7) is 2.75. The van der Waals surface area contributed by atoms with Crippen LogP contribution in [0.25, 0.3) is 10.9 Å². The molecule has 0 fully saturated rings. The van der Waals surface area contributed by atoms with Crippen LogP contribution in [0.5, 0.6) is 0 Å². The second-order valence-electron chi connectivity index (χ2n) is 6.62. The van der Waals surface area contributed by atoms with Gasteiger partial charge in [0.2, 0.25) is 5.43 Å². The summed E-state index contributed by atoms with van der Waals surface area (Å²) in [5, 5.41) is 3.57. The molecule has 4 rings (SSSR count). The molecule has 128 valence electrons. The van der Waals surface area contributed by atoms with Gasteiger partial charge in [0.15, 0.2) is 0 Å². The fourth-order valence-electron chi connectivity index (χ4n) is 3.51. The van der Waals surface area contributed by atoms with Gasteiger partial charge in [0.25, 0.3) is 5.91 Å². The van der Waals surface area contributed by atoms with Crippen molar-refractivity contribution in [3.05, 3.63) is 69.9 Å². The quantitative estimate of drug-likeness (QED) is 0.779. The molecule has 5 heteroatoms. The molecule has 1 atom stereocenters. The molecule has 0 aliphatic carbocycles. The van der Waals surface area contributed by atoms with Crippen molar-refractivity contribution in [2.45, 2.75) is 38.8 Å². The van der Waals surface area contributed by atoms with E-state index in [1.807, 2.05) is 35.8 Å². The Bertz CT molecular complexity index is 986. The van der Waals surface area contributed by atoms with Crippen molar-refractivity contribution in [2.24, 2.45) is 0 Å². The number of aryl methyl sites for hydroxylation is 3. The highest BCUT2D eigenvalue weighted by Gasteiger charge is 2.21. The minimum absolute atomic E-state index is 0.0439. The molecule has 1 aliphatic rings. The maximum absolute atomic E-state index is 12.7. The number of nitrogens with zero attached hydrogens (tertiary/aromatic N) is 1. The van der Waals surface area contributed by atoms with E-state index in [1.165, 1.54) is 5.56 Å². The third-order valence-corrected chi connectivity index (χ3v) is 4.83. The van der Waals surface area contributed by atoms with Crippen molar-refractivity contribution in [1.82, 2.24) is 9.88 Å². The van der Waals surface area contributed by atoms with Gasteiger partial charge < -0.3 is 14.3 Å². The van der Waals surface area contributed by atoms with Crippen molar-refractivity contribution in [1.29, 1.82) is 0 Å². The van der Waals surface area contributed by atoms with Crippen LogP contribution in [0, 0.1) is 0 Å². The molecule has 1 aromatic carbocycles. The van der Waals surface area contributed by atoms with Gasteiger partial charge in [0, 0.05) is 30.6 Å². The molecule has 1 amide bonds. The van der Waals surface area contributed by atoms with E-state index < -0.39 is 0 Å². The standard InChI is InChI=1S/C20H20N2O3/c1-13(7-8-15-5-3-11-25-15)21-20(24)17-12-22-10-9-14-4-2-6-16(18(14)22)19(17)23/h2-6,11-13H,7-10H2,1H3,(H,21,24)/t13-/m0/s1. The highest BCUT2D eigenvalue weighted by Crippen LogP contribution is 2.23. The number of carbonyl (C=O) groups is 1. The average molecular weight is 336 g/mol. The lowest BCUT2D eigenvalue weighted by Gasteiger charge is -2.14. The lowest BCUT2D eigenvalue weighted by atomic mass is 10.1. The van der Waals surface area contributed by atoms with E-state index in [9.17, 15) is 9.59 Å². The van der Waals surface area contributed by atoms with Crippen LogP contribution in [0.1, 0.15) is 35.0 Å². The van der Waals surface area contributed by atoms with Crippen LogP contribution in [-0.2, 0) is 19.4 Å². The molecule has 0 saturated heterocycles. The van der Waals surface area contributed by atoms with E-state index in [-0.39, 0.29) is 22.9 Å². The summed E-state index contributed by atoms with van der Waals surface area (Å²) in [4.78, 5) is 25.4. The molecule has 0 radical (unpaired) electrons. The lowest BCUT2D eigenvalue weighted by molar-refractivity contribution is 0.0936. The fraction of sp³-hybridized carbons (Fsp3) is 0.300. The number of hydrogen-bond acceptors (Lipinski definition) is 3. The summed E-state index contributed by atoms with van der Waals surface area (Å²) < 4.78 is 7.33. The second-order valence-corrected chi connectivity index (χ2v) is 6.62. The second kappa shape index (κ2) is 6.24. The third kappa shape index (κ3) is 2.86. The molecule has 0 spiro atoms. The first kappa shape index (κ1) is 15.7. The van der Waals surface area contributed by atoms with E-state index in [2.05, 4.69) is 5.32 Å². The van der Waals surface area contributed by atoms with Crippen molar-refractivity contribution in [3.8, 4) is 0 Å². The molecule has 1 N–H and O–H groups in total. The number of benzene rings is 1. The molecule has 0 bridgehead atoms. The van der Waals surface area contributed by atoms with Gasteiger partial charge in [0.1, 0.15) is 11.3 Å². The molecule has 3 aromatic rings. The molecule has 1 aliphatic heterocycles. The first-order valence-corrected chi connectivity index (χ1v) is 8.62. The summed E-state index contributed by atoms with van der Waals surface area (Å²) >= 11 is 0. The summed E-state index contributed by atoms with van der Waals surface area (Å²) in [6, 6.07) is 9.47. The summed E-state index contributed by atoms with van der Waals surface area (Å²) in [6.07, 6.45) is 5.76. The Hall–Kier alpha value is -2.82. The van der Waals surface area contributed by atoms with E-state index in [0.717, 1.165) is 37.1 Å². The van der Waals surface area contributed by atoms with Crippen LogP contribution in [0.2, 0.25) is 0 Å². The molecule has 3 heterocycles. The number of carbonyl (C=O) groups excluding carboxylic acids is 1. The van der Waals surface area contributed by atoms with E-state index >= 15 is 0 Å². The Balaban J connectivity index is 1.55. The van der Waals surface area contributed by atoms with Crippen LogP contribution >= 0.6 is 0 Å². The number of para-hydroxylation sites is 1. The number of aromatic nitrogens is 1. The zero-order valence-electron chi connectivity index (χ0n) is 14.1. The Morgan fingerprint density at radius 3 is 3.00 bits per heavy atom. The normalized spacial score (nSPS) is 14.0. The molecule has 2 aromatic heterocycles. The van der Waals surface area contributed by atoms with Crippen molar-refractivity contribution in [3.63, 3.8) is 0 Å². The topological polar surface area (TPSA) is 64.2 Å². The highest BCUT2D eigenvalue weighted by molar-refractivity contribution is 5.98. The number of hydrogen-bond donors (Lipinski definition) is 1. The predicted molar refractivity (Wildman–Crippen MR) is 95.9 cm³/mol. The largest absolute Gasteiger partial charge is 0.469 e. The molecule has 0 saturated carbocycles. The third-order valence-electron chi connectivity index (χ3n) is 4.83. The van der Waals surface area contributed by atoms with Gasteiger partial charge in [-0.1, -0.05) is 12.1 Å². The summed E-state index contributed by atoms with van der Waals surface area (Å²) in [7, 11) is 0. The van der Waals surface area contributed by atoms with E-state index in [0.29, 0.717) is 5.39 Å². The monoisotopic (exact) mass is 336 g/mol. The van der Waals surface area contributed by atoms with E-state index in [1.54, 1.807) is 18.5 Å². The number of amides is 1. The number of nitrogens with one attached hydrogen (secondary N) is 1. The Kier molecular flexibility index (Phi) is 3.92.